The molecule has 2 amide bonds. The van der Waals surface area contributed by atoms with Crippen LogP contribution in [0.25, 0.3) is 0 Å². The van der Waals surface area contributed by atoms with Gasteiger partial charge >= 0.3 is 12.0 Å². The number of aliphatic hydroxyl groups is 1. The van der Waals surface area contributed by atoms with Crippen molar-refractivity contribution in [1.29, 1.82) is 0 Å². The van der Waals surface area contributed by atoms with Gasteiger partial charge in [-0.25, -0.2) is 9.59 Å². The van der Waals surface area contributed by atoms with Crippen molar-refractivity contribution in [3.63, 3.8) is 0 Å². The summed E-state index contributed by atoms with van der Waals surface area (Å²) in [5.74, 6) is 1.02. The van der Waals surface area contributed by atoms with Gasteiger partial charge in [0.2, 0.25) is 0 Å². The van der Waals surface area contributed by atoms with Gasteiger partial charge in [0.1, 0.15) is 0 Å². The van der Waals surface area contributed by atoms with E-state index in [0.29, 0.717) is 6.42 Å². The normalized spacial score (nSPS) is 13.4. The maximum absolute atomic E-state index is 11.2. The summed E-state index contributed by atoms with van der Waals surface area (Å²) in [6, 6.07) is -2.47. The number of carbonyl (C=O) groups excluding carboxylic acids is 1. The molecular weight excluding hydrogens is 200 g/mol. The number of urea groups is 1. The molecule has 2 atom stereocenters. The summed E-state index contributed by atoms with van der Waals surface area (Å²) < 4.78 is 0. The van der Waals surface area contributed by atoms with Gasteiger partial charge < -0.3 is 20.8 Å². The summed E-state index contributed by atoms with van der Waals surface area (Å²) >= 11 is 0. The van der Waals surface area contributed by atoms with Crippen molar-refractivity contribution in [3.05, 3.63) is 0 Å². The molecule has 0 radical (unpaired) electrons. The number of hydrogen-bond donors (Lipinski definition) is 4. The average Bonchev–Trinajstić information content (AvgIpc) is 2.22. The predicted molar refractivity (Wildman–Crippen MR) is 53.1 cm³/mol. The van der Waals surface area contributed by atoms with E-state index in [2.05, 4.69) is 16.6 Å². The van der Waals surface area contributed by atoms with Gasteiger partial charge in [0.15, 0.2) is 6.04 Å². The van der Waals surface area contributed by atoms with Crippen molar-refractivity contribution in [2.24, 2.45) is 0 Å². The van der Waals surface area contributed by atoms with Crippen molar-refractivity contribution in [2.45, 2.75) is 25.4 Å². The van der Waals surface area contributed by atoms with E-state index in [0.717, 1.165) is 0 Å². The van der Waals surface area contributed by atoms with E-state index in [1.165, 1.54) is 0 Å². The molecule has 84 valence electrons. The van der Waals surface area contributed by atoms with Gasteiger partial charge in [-0.15, -0.1) is 6.42 Å². The van der Waals surface area contributed by atoms with Gasteiger partial charge in [0, 0.05) is 0 Å². The number of hydrogen-bond acceptors (Lipinski definition) is 3. The van der Waals surface area contributed by atoms with Crippen molar-refractivity contribution in [3.8, 4) is 12.3 Å². The lowest BCUT2D eigenvalue weighted by Crippen LogP contribution is -2.50. The lowest BCUT2D eigenvalue weighted by molar-refractivity contribution is -0.140. The summed E-state index contributed by atoms with van der Waals surface area (Å²) in [4.78, 5) is 21.6. The first-order valence-corrected chi connectivity index (χ1v) is 4.42. The highest BCUT2D eigenvalue weighted by Gasteiger charge is 2.19. The highest BCUT2D eigenvalue weighted by molar-refractivity contribution is 5.82. The van der Waals surface area contributed by atoms with Gasteiger partial charge in [-0.3, -0.25) is 0 Å². The van der Waals surface area contributed by atoms with E-state index >= 15 is 0 Å². The van der Waals surface area contributed by atoms with Crippen LogP contribution in [0.15, 0.2) is 0 Å². The van der Waals surface area contributed by atoms with Crippen LogP contribution in [0, 0.1) is 12.3 Å². The quantitative estimate of drug-likeness (QED) is 0.448. The number of aliphatic hydroxyl groups excluding tert-OH is 1. The Kier molecular flexibility index (Phi) is 5.90. The summed E-state index contributed by atoms with van der Waals surface area (Å²) in [5, 5.41) is 21.6. The van der Waals surface area contributed by atoms with Crippen LogP contribution in [0.2, 0.25) is 0 Å². The molecule has 4 N–H and O–H groups in total. The molecule has 0 spiro atoms. The number of aliphatic carboxylic acids is 1. The zero-order valence-corrected chi connectivity index (χ0v) is 8.36. The van der Waals surface area contributed by atoms with Gasteiger partial charge in [-0.1, -0.05) is 12.8 Å². The van der Waals surface area contributed by atoms with Gasteiger partial charge in [-0.05, 0) is 6.42 Å². The van der Waals surface area contributed by atoms with E-state index in [4.69, 9.17) is 16.6 Å². The van der Waals surface area contributed by atoms with Crippen LogP contribution in [0.5, 0.6) is 0 Å². The lowest BCUT2D eigenvalue weighted by Gasteiger charge is -2.15. The van der Waals surface area contributed by atoms with Gasteiger partial charge in [0.25, 0.3) is 0 Å². The minimum atomic E-state index is -1.32. The molecular formula is C9H14N2O4. The van der Waals surface area contributed by atoms with Crippen LogP contribution >= 0.6 is 0 Å². The lowest BCUT2D eigenvalue weighted by atomic mass is 10.2. The molecule has 0 aliphatic carbocycles. The molecule has 0 fully saturated rings. The number of amides is 2. The second-order valence-electron chi connectivity index (χ2n) is 2.82. The van der Waals surface area contributed by atoms with Crippen LogP contribution < -0.4 is 10.6 Å². The van der Waals surface area contributed by atoms with Crippen molar-refractivity contribution in [2.75, 3.05) is 6.61 Å². The summed E-state index contributed by atoms with van der Waals surface area (Å²) in [5.41, 5.74) is 0. The SMILES string of the molecule is C#CC(CC)NC(=O)N[C@@H](CO)C(=O)O. The van der Waals surface area contributed by atoms with Gasteiger partial charge in [-0.2, -0.15) is 0 Å². The first-order valence-electron chi connectivity index (χ1n) is 4.42. The zero-order valence-electron chi connectivity index (χ0n) is 8.36. The first kappa shape index (κ1) is 13.3. The van der Waals surface area contributed by atoms with Gasteiger partial charge in [0.05, 0.1) is 12.6 Å². The molecule has 0 aromatic heterocycles. The molecule has 0 aliphatic rings. The molecule has 6 nitrogen and oxygen atoms in total. The number of terminal acetylenes is 1. The third kappa shape index (κ3) is 4.88. The third-order valence-corrected chi connectivity index (χ3v) is 1.70. The molecule has 1 unspecified atom stereocenters. The Balaban J connectivity index is 4.13. The Hall–Kier alpha value is -1.74. The molecule has 0 saturated heterocycles. The fraction of sp³-hybridized carbons (Fsp3) is 0.556. The minimum Gasteiger partial charge on any atom is -0.480 e. The van der Waals surface area contributed by atoms with E-state index < -0.39 is 30.7 Å². The molecule has 0 saturated carbocycles. The maximum Gasteiger partial charge on any atom is 0.328 e. The average molecular weight is 214 g/mol. The molecule has 0 aromatic carbocycles. The molecule has 0 heterocycles. The standard InChI is InChI=1S/C9H14N2O4/c1-3-6(4-2)10-9(15)11-7(5-12)8(13)14/h1,6-7,12H,4-5H2,2H3,(H,13,14)(H2,10,11,15)/t6?,7-/m0/s1. The molecule has 15 heavy (non-hydrogen) atoms. The van der Waals surface area contributed by atoms with E-state index in [1.54, 1.807) is 6.92 Å². The number of nitrogens with one attached hydrogen (secondary N) is 2. The topological polar surface area (TPSA) is 98.7 Å². The van der Waals surface area contributed by atoms with Crippen LogP contribution in [-0.2, 0) is 4.79 Å². The summed E-state index contributed by atoms with van der Waals surface area (Å²) in [6.45, 7) is 1.11. The monoisotopic (exact) mass is 214 g/mol. The molecule has 6 heteroatoms. The highest BCUT2D eigenvalue weighted by Crippen LogP contribution is 1.88. The zero-order chi connectivity index (χ0) is 11.8. The van der Waals surface area contributed by atoms with E-state index in [9.17, 15) is 9.59 Å². The van der Waals surface area contributed by atoms with E-state index in [1.807, 2.05) is 0 Å². The smallest absolute Gasteiger partial charge is 0.328 e. The predicted octanol–water partition coefficient (Wildman–Crippen LogP) is -0.857. The summed E-state index contributed by atoms with van der Waals surface area (Å²) in [6.07, 6.45) is 5.64. The van der Waals surface area contributed by atoms with Crippen molar-refractivity contribution < 1.29 is 19.8 Å². The van der Waals surface area contributed by atoms with Crippen LogP contribution in [-0.4, -0.2) is 40.9 Å². The Labute approximate surface area is 87.7 Å². The fourth-order valence-corrected chi connectivity index (χ4v) is 0.805. The first-order chi connectivity index (χ1) is 7.04. The number of rotatable bonds is 5. The second kappa shape index (κ2) is 6.68. The fourth-order valence-electron chi connectivity index (χ4n) is 0.805. The Bertz CT molecular complexity index is 272. The number of carbonyl (C=O) groups is 2. The minimum absolute atomic E-state index is 0.446. The second-order valence-corrected chi connectivity index (χ2v) is 2.82. The Morgan fingerprint density at radius 3 is 2.40 bits per heavy atom. The Morgan fingerprint density at radius 1 is 1.47 bits per heavy atom. The van der Waals surface area contributed by atoms with E-state index in [-0.39, 0.29) is 0 Å². The number of carboxylic acid groups (broad SMARTS) is 1. The maximum atomic E-state index is 11.2. The molecule has 0 aromatic rings. The highest BCUT2D eigenvalue weighted by atomic mass is 16.4. The summed E-state index contributed by atoms with van der Waals surface area (Å²) in [7, 11) is 0. The third-order valence-electron chi connectivity index (χ3n) is 1.70. The number of carboxylic acids is 1. The van der Waals surface area contributed by atoms with Crippen molar-refractivity contribution in [1.82, 2.24) is 10.6 Å². The molecule has 0 rings (SSSR count). The van der Waals surface area contributed by atoms with Crippen LogP contribution in [0.3, 0.4) is 0 Å². The Morgan fingerprint density at radius 2 is 2.07 bits per heavy atom. The molecule has 0 bridgehead atoms. The van der Waals surface area contributed by atoms with Crippen LogP contribution in [0.4, 0.5) is 4.79 Å². The van der Waals surface area contributed by atoms with Crippen molar-refractivity contribution >= 4 is 12.0 Å². The molecule has 0 aliphatic heterocycles. The largest absolute Gasteiger partial charge is 0.480 e. The van der Waals surface area contributed by atoms with Crippen LogP contribution in [0.1, 0.15) is 13.3 Å².